The van der Waals surface area contributed by atoms with Crippen LogP contribution < -0.4 is 10.6 Å². The Kier molecular flexibility index (Phi) is 5.52. The van der Waals surface area contributed by atoms with E-state index in [1.807, 2.05) is 0 Å². The number of hydrogen-bond acceptors (Lipinski definition) is 3. The molecule has 2 amide bonds. The molecule has 0 saturated heterocycles. The summed E-state index contributed by atoms with van der Waals surface area (Å²) < 4.78 is 13.4. The highest BCUT2D eigenvalue weighted by molar-refractivity contribution is 5.96. The van der Waals surface area contributed by atoms with Crippen LogP contribution in [0, 0.1) is 12.7 Å². The predicted molar refractivity (Wildman–Crippen MR) is 92.7 cm³/mol. The molecule has 0 aliphatic rings. The van der Waals surface area contributed by atoms with Gasteiger partial charge in [0.2, 0.25) is 5.91 Å². The lowest BCUT2D eigenvalue weighted by Crippen LogP contribution is -2.23. The second kappa shape index (κ2) is 7.59. The van der Waals surface area contributed by atoms with Crippen LogP contribution in [0.5, 0.6) is 0 Å². The number of carbonyl (C=O) groups is 2. The van der Waals surface area contributed by atoms with Gasteiger partial charge in [-0.25, -0.2) is 4.39 Å². The number of halogens is 1. The van der Waals surface area contributed by atoms with Crippen LogP contribution in [0.2, 0.25) is 0 Å². The smallest absolute Gasteiger partial charge is 0.253 e. The minimum absolute atomic E-state index is 0.0148. The summed E-state index contributed by atoms with van der Waals surface area (Å²) >= 11 is 0. The highest BCUT2D eigenvalue weighted by atomic mass is 19.1. The van der Waals surface area contributed by atoms with Gasteiger partial charge < -0.3 is 15.5 Å². The molecule has 0 fully saturated rings. The van der Waals surface area contributed by atoms with Crippen molar-refractivity contribution < 1.29 is 14.0 Å². The van der Waals surface area contributed by atoms with Crippen LogP contribution in [-0.4, -0.2) is 37.4 Å². The molecule has 2 rings (SSSR count). The van der Waals surface area contributed by atoms with Gasteiger partial charge in [0.1, 0.15) is 5.82 Å². The van der Waals surface area contributed by atoms with Gasteiger partial charge in [-0.15, -0.1) is 0 Å². The molecule has 2 aromatic carbocycles. The van der Waals surface area contributed by atoms with E-state index in [1.165, 1.54) is 11.0 Å². The van der Waals surface area contributed by atoms with Gasteiger partial charge in [-0.3, -0.25) is 9.59 Å². The fourth-order valence-electron chi connectivity index (χ4n) is 2.04. The normalized spacial score (nSPS) is 10.2. The third kappa shape index (κ3) is 4.55. The lowest BCUT2D eigenvalue weighted by molar-refractivity contribution is -0.114. The summed E-state index contributed by atoms with van der Waals surface area (Å²) in [5.74, 6) is -0.680. The second-order valence-corrected chi connectivity index (χ2v) is 5.64. The molecule has 126 valence electrons. The van der Waals surface area contributed by atoms with Crippen molar-refractivity contribution >= 4 is 23.2 Å². The van der Waals surface area contributed by atoms with Crippen molar-refractivity contribution in [1.82, 2.24) is 4.90 Å². The number of nitrogens with zero attached hydrogens (tertiary/aromatic N) is 1. The van der Waals surface area contributed by atoms with E-state index < -0.39 is 0 Å². The molecule has 0 aliphatic carbocycles. The third-order valence-corrected chi connectivity index (χ3v) is 3.45. The molecule has 0 saturated carbocycles. The van der Waals surface area contributed by atoms with Crippen LogP contribution in [0.15, 0.2) is 42.5 Å². The van der Waals surface area contributed by atoms with E-state index in [-0.39, 0.29) is 24.2 Å². The maximum absolute atomic E-state index is 13.4. The lowest BCUT2D eigenvalue weighted by Gasteiger charge is -2.11. The van der Waals surface area contributed by atoms with E-state index in [4.69, 9.17) is 0 Å². The second-order valence-electron chi connectivity index (χ2n) is 5.64. The molecular formula is C18H20FN3O2. The van der Waals surface area contributed by atoms with Gasteiger partial charge in [-0.1, -0.05) is 6.07 Å². The maximum atomic E-state index is 13.4. The maximum Gasteiger partial charge on any atom is 0.253 e. The van der Waals surface area contributed by atoms with Gasteiger partial charge in [0, 0.05) is 31.0 Å². The van der Waals surface area contributed by atoms with Gasteiger partial charge in [0.05, 0.1) is 6.54 Å². The standard InChI is InChI=1S/C18H20FN3O2/c1-12-4-7-15(10-16(12)19)20-11-17(23)21-14-8-5-13(6-9-14)18(24)22(2)3/h4-10,20H,11H2,1-3H3,(H,21,23). The minimum atomic E-state index is -0.318. The lowest BCUT2D eigenvalue weighted by atomic mass is 10.2. The summed E-state index contributed by atoms with van der Waals surface area (Å²) in [5, 5.41) is 5.58. The first kappa shape index (κ1) is 17.5. The first-order chi connectivity index (χ1) is 11.4. The molecule has 0 heterocycles. The number of hydrogen-bond donors (Lipinski definition) is 2. The number of aryl methyl sites for hydroxylation is 1. The Hall–Kier alpha value is -2.89. The first-order valence-electron chi connectivity index (χ1n) is 7.48. The van der Waals surface area contributed by atoms with Crippen LogP contribution in [0.3, 0.4) is 0 Å². The minimum Gasteiger partial charge on any atom is -0.376 e. The van der Waals surface area contributed by atoms with Gasteiger partial charge in [-0.2, -0.15) is 0 Å². The van der Waals surface area contributed by atoms with E-state index in [0.29, 0.717) is 22.5 Å². The Bertz CT molecular complexity index is 742. The molecule has 0 radical (unpaired) electrons. The summed E-state index contributed by atoms with van der Waals surface area (Å²) in [6.45, 7) is 1.69. The van der Waals surface area contributed by atoms with Crippen LogP contribution in [0.1, 0.15) is 15.9 Å². The van der Waals surface area contributed by atoms with Crippen molar-refractivity contribution in [2.75, 3.05) is 31.3 Å². The monoisotopic (exact) mass is 329 g/mol. The van der Waals surface area contributed by atoms with Gasteiger partial charge in [-0.05, 0) is 48.9 Å². The zero-order valence-electron chi connectivity index (χ0n) is 13.9. The van der Waals surface area contributed by atoms with Crippen molar-refractivity contribution in [2.45, 2.75) is 6.92 Å². The fraction of sp³-hybridized carbons (Fsp3) is 0.222. The molecule has 0 unspecified atom stereocenters. The topological polar surface area (TPSA) is 61.4 Å². The fourth-order valence-corrected chi connectivity index (χ4v) is 2.04. The van der Waals surface area contributed by atoms with Gasteiger partial charge in [0.15, 0.2) is 0 Å². The SMILES string of the molecule is Cc1ccc(NCC(=O)Nc2ccc(C(=O)N(C)C)cc2)cc1F. The Balaban J connectivity index is 1.90. The Morgan fingerprint density at radius 1 is 1.04 bits per heavy atom. The average molecular weight is 329 g/mol. The van der Waals surface area contributed by atoms with Crippen molar-refractivity contribution in [1.29, 1.82) is 0 Å². The highest BCUT2D eigenvalue weighted by Crippen LogP contribution is 2.14. The van der Waals surface area contributed by atoms with Gasteiger partial charge >= 0.3 is 0 Å². The molecule has 0 atom stereocenters. The van der Waals surface area contributed by atoms with Crippen molar-refractivity contribution in [3.63, 3.8) is 0 Å². The van der Waals surface area contributed by atoms with Crippen LogP contribution in [0.4, 0.5) is 15.8 Å². The third-order valence-electron chi connectivity index (χ3n) is 3.45. The molecule has 0 aliphatic heterocycles. The summed E-state index contributed by atoms with van der Waals surface area (Å²) in [5.41, 5.74) is 2.23. The zero-order valence-corrected chi connectivity index (χ0v) is 13.9. The van der Waals surface area contributed by atoms with E-state index in [0.717, 1.165) is 0 Å². The van der Waals surface area contributed by atoms with E-state index in [1.54, 1.807) is 57.4 Å². The first-order valence-corrected chi connectivity index (χ1v) is 7.48. The molecule has 2 aromatic rings. The number of carbonyl (C=O) groups excluding carboxylic acids is 2. The van der Waals surface area contributed by atoms with Crippen molar-refractivity contribution in [2.24, 2.45) is 0 Å². The van der Waals surface area contributed by atoms with Gasteiger partial charge in [0.25, 0.3) is 5.91 Å². The molecule has 0 bridgehead atoms. The molecule has 24 heavy (non-hydrogen) atoms. The molecule has 5 nitrogen and oxygen atoms in total. The highest BCUT2D eigenvalue weighted by Gasteiger charge is 2.08. The number of rotatable bonds is 5. The summed E-state index contributed by atoms with van der Waals surface area (Å²) in [6.07, 6.45) is 0. The summed E-state index contributed by atoms with van der Waals surface area (Å²) in [7, 11) is 3.36. The summed E-state index contributed by atoms with van der Waals surface area (Å²) in [4.78, 5) is 25.2. The average Bonchev–Trinajstić information content (AvgIpc) is 2.56. The molecule has 0 aromatic heterocycles. The Morgan fingerprint density at radius 2 is 1.67 bits per heavy atom. The van der Waals surface area contributed by atoms with Crippen molar-refractivity contribution in [3.05, 3.63) is 59.4 Å². The summed E-state index contributed by atoms with van der Waals surface area (Å²) in [6, 6.07) is 11.4. The zero-order chi connectivity index (χ0) is 17.7. The number of nitrogens with one attached hydrogen (secondary N) is 2. The molecular weight excluding hydrogens is 309 g/mol. The Labute approximate surface area is 140 Å². The predicted octanol–water partition coefficient (Wildman–Crippen LogP) is 2.89. The quantitative estimate of drug-likeness (QED) is 0.887. The Morgan fingerprint density at radius 3 is 2.25 bits per heavy atom. The van der Waals surface area contributed by atoms with Crippen LogP contribution in [0.25, 0.3) is 0 Å². The number of amides is 2. The van der Waals surface area contributed by atoms with E-state index >= 15 is 0 Å². The number of anilines is 2. The number of benzene rings is 2. The molecule has 2 N–H and O–H groups in total. The van der Waals surface area contributed by atoms with Crippen LogP contribution in [-0.2, 0) is 4.79 Å². The van der Waals surface area contributed by atoms with Crippen LogP contribution >= 0.6 is 0 Å². The van der Waals surface area contributed by atoms with Crippen molar-refractivity contribution in [3.8, 4) is 0 Å². The van der Waals surface area contributed by atoms with E-state index in [9.17, 15) is 14.0 Å². The molecule has 0 spiro atoms. The largest absolute Gasteiger partial charge is 0.376 e. The molecule has 6 heteroatoms. The van der Waals surface area contributed by atoms with E-state index in [2.05, 4.69) is 10.6 Å².